The first kappa shape index (κ1) is 17.5. The number of carbonyl (C=O) groups excluding carboxylic acids is 2. The van der Waals surface area contributed by atoms with Gasteiger partial charge in [0, 0.05) is 11.4 Å². The first-order chi connectivity index (χ1) is 12.2. The number of nitrogens with zero attached hydrogens (tertiary/aromatic N) is 1. The van der Waals surface area contributed by atoms with Gasteiger partial charge in [-0.2, -0.15) is 0 Å². The van der Waals surface area contributed by atoms with Crippen LogP contribution in [0.25, 0.3) is 0 Å². The molecule has 0 saturated carbocycles. The lowest BCUT2D eigenvalue weighted by atomic mass is 10.2. The standard InChI is InChI=1S/C19H21NO4S/c1-2-23-16-9-4-3-7-14(16)19(22)24-13-18(21)20-11-5-8-15(20)17-10-6-12-25-17/h3-4,6-7,9-10,12,15H,2,5,8,11,13H2,1H3. The fraction of sp³-hybridized carbons (Fsp3) is 0.368. The monoisotopic (exact) mass is 359 g/mol. The van der Waals surface area contributed by atoms with Crippen LogP contribution in [0.1, 0.15) is 41.0 Å². The Morgan fingerprint density at radius 3 is 2.84 bits per heavy atom. The van der Waals surface area contributed by atoms with Gasteiger partial charge in [0.15, 0.2) is 6.61 Å². The van der Waals surface area contributed by atoms with Gasteiger partial charge in [-0.25, -0.2) is 4.79 Å². The molecule has 0 radical (unpaired) electrons. The molecular formula is C19H21NO4S. The highest BCUT2D eigenvalue weighted by molar-refractivity contribution is 7.10. The van der Waals surface area contributed by atoms with Crippen LogP contribution in [0.2, 0.25) is 0 Å². The fourth-order valence-corrected chi connectivity index (χ4v) is 3.92. The number of esters is 1. The van der Waals surface area contributed by atoms with Crippen molar-refractivity contribution < 1.29 is 19.1 Å². The molecule has 0 spiro atoms. The van der Waals surface area contributed by atoms with Gasteiger partial charge in [0.05, 0.1) is 12.6 Å². The number of rotatable bonds is 6. The Kier molecular flexibility index (Phi) is 5.71. The summed E-state index contributed by atoms with van der Waals surface area (Å²) < 4.78 is 10.7. The Labute approximate surface area is 151 Å². The molecule has 25 heavy (non-hydrogen) atoms. The molecule has 1 unspecified atom stereocenters. The smallest absolute Gasteiger partial charge is 0.342 e. The van der Waals surface area contributed by atoms with Crippen LogP contribution in [0.15, 0.2) is 41.8 Å². The maximum absolute atomic E-state index is 12.5. The van der Waals surface area contributed by atoms with Crippen LogP contribution in [0.4, 0.5) is 0 Å². The summed E-state index contributed by atoms with van der Waals surface area (Å²) in [6, 6.07) is 11.0. The molecule has 1 atom stereocenters. The maximum Gasteiger partial charge on any atom is 0.342 e. The van der Waals surface area contributed by atoms with Gasteiger partial charge in [-0.15, -0.1) is 11.3 Å². The molecular weight excluding hydrogens is 338 g/mol. The average Bonchev–Trinajstić information content (AvgIpc) is 3.31. The molecule has 1 fully saturated rings. The van der Waals surface area contributed by atoms with Crippen LogP contribution >= 0.6 is 11.3 Å². The predicted octanol–water partition coefficient (Wildman–Crippen LogP) is 3.67. The number of amides is 1. The summed E-state index contributed by atoms with van der Waals surface area (Å²) in [4.78, 5) is 27.8. The van der Waals surface area contributed by atoms with E-state index in [2.05, 4.69) is 0 Å². The van der Waals surface area contributed by atoms with Crippen molar-refractivity contribution in [1.29, 1.82) is 0 Å². The number of likely N-dealkylation sites (tertiary alicyclic amines) is 1. The maximum atomic E-state index is 12.5. The molecule has 6 heteroatoms. The summed E-state index contributed by atoms with van der Waals surface area (Å²) in [6.45, 7) is 2.76. The first-order valence-corrected chi connectivity index (χ1v) is 9.30. The van der Waals surface area contributed by atoms with Gasteiger partial charge in [0.2, 0.25) is 0 Å². The number of thiophene rings is 1. The third kappa shape index (κ3) is 4.02. The van der Waals surface area contributed by atoms with Crippen LogP contribution in [-0.2, 0) is 9.53 Å². The zero-order valence-electron chi connectivity index (χ0n) is 14.1. The van der Waals surface area contributed by atoms with Crippen molar-refractivity contribution in [2.45, 2.75) is 25.8 Å². The van der Waals surface area contributed by atoms with E-state index in [0.29, 0.717) is 24.5 Å². The topological polar surface area (TPSA) is 55.8 Å². The van der Waals surface area contributed by atoms with E-state index in [1.807, 2.05) is 29.3 Å². The van der Waals surface area contributed by atoms with Gasteiger partial charge in [0.1, 0.15) is 11.3 Å². The lowest BCUT2D eigenvalue weighted by molar-refractivity contribution is -0.135. The molecule has 0 N–H and O–H groups in total. The minimum absolute atomic E-state index is 0.0990. The van der Waals surface area contributed by atoms with E-state index in [1.54, 1.807) is 35.6 Å². The molecule has 2 heterocycles. The highest BCUT2D eigenvalue weighted by Crippen LogP contribution is 2.34. The Morgan fingerprint density at radius 2 is 2.08 bits per heavy atom. The van der Waals surface area contributed by atoms with Crippen LogP contribution in [0.5, 0.6) is 5.75 Å². The minimum atomic E-state index is -0.538. The Balaban J connectivity index is 1.61. The molecule has 1 aliphatic rings. The normalized spacial score (nSPS) is 16.7. The van der Waals surface area contributed by atoms with Crippen molar-refractivity contribution in [1.82, 2.24) is 4.90 Å². The number of hydrogen-bond acceptors (Lipinski definition) is 5. The number of ether oxygens (including phenoxy) is 2. The molecule has 1 aromatic carbocycles. The number of benzene rings is 1. The quantitative estimate of drug-likeness (QED) is 0.739. The van der Waals surface area contributed by atoms with Crippen molar-refractivity contribution in [2.75, 3.05) is 19.8 Å². The fourth-order valence-electron chi connectivity index (χ4n) is 3.05. The summed E-state index contributed by atoms with van der Waals surface area (Å²) in [5.41, 5.74) is 0.341. The highest BCUT2D eigenvalue weighted by Gasteiger charge is 2.31. The van der Waals surface area contributed by atoms with E-state index >= 15 is 0 Å². The summed E-state index contributed by atoms with van der Waals surface area (Å²) in [6.07, 6.45) is 1.92. The summed E-state index contributed by atoms with van der Waals surface area (Å²) >= 11 is 1.65. The Bertz CT molecular complexity index is 729. The summed E-state index contributed by atoms with van der Waals surface area (Å²) in [7, 11) is 0. The van der Waals surface area contributed by atoms with Crippen molar-refractivity contribution in [3.05, 3.63) is 52.2 Å². The lowest BCUT2D eigenvalue weighted by Crippen LogP contribution is -2.34. The summed E-state index contributed by atoms with van der Waals surface area (Å²) in [5, 5.41) is 2.01. The Morgan fingerprint density at radius 1 is 1.24 bits per heavy atom. The molecule has 132 valence electrons. The van der Waals surface area contributed by atoms with Gasteiger partial charge in [-0.05, 0) is 43.3 Å². The van der Waals surface area contributed by atoms with Gasteiger partial charge in [0.25, 0.3) is 5.91 Å². The second kappa shape index (κ2) is 8.16. The van der Waals surface area contributed by atoms with E-state index in [-0.39, 0.29) is 18.6 Å². The largest absolute Gasteiger partial charge is 0.493 e. The highest BCUT2D eigenvalue weighted by atomic mass is 32.1. The van der Waals surface area contributed by atoms with E-state index in [9.17, 15) is 9.59 Å². The average molecular weight is 359 g/mol. The molecule has 0 bridgehead atoms. The van der Waals surface area contributed by atoms with Crippen molar-refractivity contribution in [3.8, 4) is 5.75 Å². The van der Waals surface area contributed by atoms with E-state index < -0.39 is 5.97 Å². The van der Waals surface area contributed by atoms with Gasteiger partial charge < -0.3 is 14.4 Å². The van der Waals surface area contributed by atoms with Crippen LogP contribution in [-0.4, -0.2) is 36.5 Å². The van der Waals surface area contributed by atoms with Crippen LogP contribution < -0.4 is 4.74 Å². The number of carbonyl (C=O) groups is 2. The Hall–Kier alpha value is -2.34. The number of para-hydroxylation sites is 1. The van der Waals surface area contributed by atoms with Crippen molar-refractivity contribution in [3.63, 3.8) is 0 Å². The van der Waals surface area contributed by atoms with Gasteiger partial charge in [-0.3, -0.25) is 4.79 Å². The molecule has 2 aromatic rings. The second-order valence-corrected chi connectivity index (χ2v) is 6.75. The third-order valence-corrected chi connectivity index (χ3v) is 5.15. The summed E-state index contributed by atoms with van der Waals surface area (Å²) in [5.74, 6) is -0.220. The third-order valence-electron chi connectivity index (χ3n) is 4.18. The van der Waals surface area contributed by atoms with E-state index in [1.165, 1.54) is 4.88 Å². The number of hydrogen-bond donors (Lipinski definition) is 0. The van der Waals surface area contributed by atoms with Crippen molar-refractivity contribution in [2.24, 2.45) is 0 Å². The van der Waals surface area contributed by atoms with E-state index in [4.69, 9.17) is 9.47 Å². The predicted molar refractivity (Wildman–Crippen MR) is 95.9 cm³/mol. The first-order valence-electron chi connectivity index (χ1n) is 8.42. The van der Waals surface area contributed by atoms with Gasteiger partial charge in [-0.1, -0.05) is 18.2 Å². The molecule has 5 nitrogen and oxygen atoms in total. The molecule has 0 aliphatic carbocycles. The van der Waals surface area contributed by atoms with Crippen molar-refractivity contribution >= 4 is 23.2 Å². The second-order valence-electron chi connectivity index (χ2n) is 5.77. The zero-order valence-corrected chi connectivity index (χ0v) is 15.0. The van der Waals surface area contributed by atoms with Crippen LogP contribution in [0.3, 0.4) is 0 Å². The molecule has 3 rings (SSSR count). The molecule has 1 saturated heterocycles. The van der Waals surface area contributed by atoms with E-state index in [0.717, 1.165) is 12.8 Å². The van der Waals surface area contributed by atoms with Crippen LogP contribution in [0, 0.1) is 0 Å². The molecule has 1 aromatic heterocycles. The minimum Gasteiger partial charge on any atom is -0.493 e. The molecule has 1 aliphatic heterocycles. The lowest BCUT2D eigenvalue weighted by Gasteiger charge is -2.23. The SMILES string of the molecule is CCOc1ccccc1C(=O)OCC(=O)N1CCCC1c1cccs1. The molecule has 1 amide bonds. The zero-order chi connectivity index (χ0) is 17.6. The van der Waals surface area contributed by atoms with Gasteiger partial charge >= 0.3 is 5.97 Å².